The Hall–Kier alpha value is -2.56. The minimum Gasteiger partial charge on any atom is -0.243 e. The number of aromatic nitrogens is 6. The van der Waals surface area contributed by atoms with E-state index in [0.29, 0.717) is 12.2 Å². The molecule has 8 heteroatoms. The molecule has 0 spiro atoms. The van der Waals surface area contributed by atoms with Gasteiger partial charge in [-0.15, -0.1) is 5.10 Å². The molecule has 0 saturated carbocycles. The van der Waals surface area contributed by atoms with Crippen molar-refractivity contribution in [1.82, 2.24) is 29.5 Å². The summed E-state index contributed by atoms with van der Waals surface area (Å²) < 4.78 is 2.19. The van der Waals surface area contributed by atoms with E-state index in [1.807, 2.05) is 6.07 Å². The molecule has 2 heterocycles. The first-order valence-corrected chi connectivity index (χ1v) is 6.51. The van der Waals surface area contributed by atoms with Crippen LogP contribution in [0.1, 0.15) is 44.3 Å². The molecule has 8 nitrogen and oxygen atoms in total. The average molecular weight is 273 g/mol. The molecule has 0 aliphatic carbocycles. The van der Waals surface area contributed by atoms with E-state index in [2.05, 4.69) is 27.1 Å². The Bertz CT molecular complexity index is 608. The molecule has 0 amide bonds. The van der Waals surface area contributed by atoms with Crippen LogP contribution in [0.2, 0.25) is 0 Å². The Balaban J connectivity index is 2.16. The van der Waals surface area contributed by atoms with Crippen molar-refractivity contribution in [2.45, 2.75) is 39.0 Å². The zero-order valence-corrected chi connectivity index (χ0v) is 11.2. The summed E-state index contributed by atoms with van der Waals surface area (Å²) in [7, 11) is 0. The summed E-state index contributed by atoms with van der Waals surface area (Å²) in [5.74, 6) is 0.474. The molecule has 0 aliphatic heterocycles. The van der Waals surface area contributed by atoms with Gasteiger partial charge >= 0.3 is 6.03 Å². The van der Waals surface area contributed by atoms with Gasteiger partial charge in [0.25, 0.3) is 5.82 Å². The molecule has 20 heavy (non-hydrogen) atoms. The van der Waals surface area contributed by atoms with Crippen molar-refractivity contribution < 1.29 is 4.79 Å². The first-order chi connectivity index (χ1) is 9.76. The first-order valence-electron chi connectivity index (χ1n) is 6.51. The lowest BCUT2D eigenvalue weighted by molar-refractivity contribution is 0.237. The average Bonchev–Trinajstić information content (AvgIpc) is 3.12. The fraction of sp³-hybridized carbons (Fsp3) is 0.500. The molecular weight excluding hydrogens is 258 g/mol. The van der Waals surface area contributed by atoms with Gasteiger partial charge in [-0.05, 0) is 6.42 Å². The number of hydrogen-bond donors (Lipinski definition) is 0. The fourth-order valence-electron chi connectivity index (χ4n) is 1.82. The molecule has 0 bridgehead atoms. The number of aryl methyl sites for hydroxylation is 1. The molecule has 2 aromatic heterocycles. The van der Waals surface area contributed by atoms with Gasteiger partial charge in [0.15, 0.2) is 0 Å². The van der Waals surface area contributed by atoms with Crippen LogP contribution in [0.3, 0.4) is 0 Å². The van der Waals surface area contributed by atoms with Crippen molar-refractivity contribution in [3.63, 3.8) is 0 Å². The molecule has 0 atom stereocenters. The van der Waals surface area contributed by atoms with Crippen molar-refractivity contribution in [2.24, 2.45) is 0 Å². The minimum atomic E-state index is -0.484. The molecule has 2 rings (SSSR count). The van der Waals surface area contributed by atoms with Gasteiger partial charge in [-0.25, -0.2) is 14.8 Å². The second-order valence-corrected chi connectivity index (χ2v) is 4.31. The maximum Gasteiger partial charge on any atom is 0.372 e. The summed E-state index contributed by atoms with van der Waals surface area (Å²) in [5.41, 5.74) is 0. The van der Waals surface area contributed by atoms with Crippen LogP contribution < -0.4 is 0 Å². The predicted octanol–water partition coefficient (Wildman–Crippen LogP) is 1.38. The lowest BCUT2D eigenvalue weighted by atomic mass is 10.1. The van der Waals surface area contributed by atoms with E-state index < -0.39 is 6.03 Å². The summed E-state index contributed by atoms with van der Waals surface area (Å²) in [5, 5.41) is 16.5. The molecule has 0 unspecified atom stereocenters. The number of unbranched alkanes of at least 4 members (excludes halogenated alkanes) is 3. The summed E-state index contributed by atoms with van der Waals surface area (Å²) in [6.07, 6.45) is 7.39. The lowest BCUT2D eigenvalue weighted by Gasteiger charge is -2.03. The molecule has 0 saturated heterocycles. The molecule has 2 aromatic rings. The number of rotatable bonds is 5. The number of nitrogens with zero attached hydrogens (tertiary/aromatic N) is 7. The van der Waals surface area contributed by atoms with Crippen LogP contribution in [0.5, 0.6) is 0 Å². The van der Waals surface area contributed by atoms with Crippen molar-refractivity contribution in [3.8, 4) is 6.07 Å². The van der Waals surface area contributed by atoms with Gasteiger partial charge in [0.2, 0.25) is 0 Å². The van der Waals surface area contributed by atoms with E-state index >= 15 is 0 Å². The highest BCUT2D eigenvalue weighted by molar-refractivity contribution is 5.77. The van der Waals surface area contributed by atoms with Crippen LogP contribution >= 0.6 is 0 Å². The summed E-state index contributed by atoms with van der Waals surface area (Å²) in [6.45, 7) is 2.13. The zero-order valence-electron chi connectivity index (χ0n) is 11.2. The highest BCUT2D eigenvalue weighted by Gasteiger charge is 2.17. The van der Waals surface area contributed by atoms with Gasteiger partial charge in [0, 0.05) is 6.42 Å². The van der Waals surface area contributed by atoms with Gasteiger partial charge in [-0.1, -0.05) is 26.2 Å². The van der Waals surface area contributed by atoms with Crippen LogP contribution in [0.4, 0.5) is 4.79 Å². The van der Waals surface area contributed by atoms with Crippen LogP contribution in [-0.4, -0.2) is 35.6 Å². The predicted molar refractivity (Wildman–Crippen MR) is 68.8 cm³/mol. The van der Waals surface area contributed by atoms with E-state index in [1.54, 1.807) is 0 Å². The van der Waals surface area contributed by atoms with Gasteiger partial charge in [0.05, 0.1) is 0 Å². The Labute approximate surface area is 116 Å². The van der Waals surface area contributed by atoms with E-state index in [9.17, 15) is 4.79 Å². The first kappa shape index (κ1) is 13.9. The number of nitriles is 1. The number of carbonyl (C=O) groups excluding carboxylic acids is 1. The maximum absolute atomic E-state index is 12.2. The Morgan fingerprint density at radius 1 is 1.40 bits per heavy atom. The topological polar surface area (TPSA) is 102 Å². The third kappa shape index (κ3) is 3.06. The smallest absolute Gasteiger partial charge is 0.243 e. The van der Waals surface area contributed by atoms with E-state index in [1.165, 1.54) is 12.7 Å². The third-order valence-electron chi connectivity index (χ3n) is 2.82. The van der Waals surface area contributed by atoms with Gasteiger partial charge in [0.1, 0.15) is 24.5 Å². The highest BCUT2D eigenvalue weighted by Crippen LogP contribution is 2.07. The second-order valence-electron chi connectivity index (χ2n) is 4.31. The normalized spacial score (nSPS) is 10.4. The molecule has 0 aromatic carbocycles. The molecule has 0 radical (unpaired) electrons. The van der Waals surface area contributed by atoms with Gasteiger partial charge in [-0.2, -0.15) is 19.7 Å². The number of hydrogen-bond acceptors (Lipinski definition) is 6. The maximum atomic E-state index is 12.2. The number of carbonyl (C=O) groups is 1. The van der Waals surface area contributed by atoms with E-state index in [4.69, 9.17) is 5.26 Å². The Morgan fingerprint density at radius 3 is 2.90 bits per heavy atom. The second kappa shape index (κ2) is 6.56. The van der Waals surface area contributed by atoms with Gasteiger partial charge < -0.3 is 0 Å². The highest BCUT2D eigenvalue weighted by atomic mass is 16.2. The summed E-state index contributed by atoms with van der Waals surface area (Å²) >= 11 is 0. The molecule has 104 valence electrons. The van der Waals surface area contributed by atoms with E-state index in [-0.39, 0.29) is 5.82 Å². The van der Waals surface area contributed by atoms with Crippen LogP contribution in [-0.2, 0) is 6.42 Å². The van der Waals surface area contributed by atoms with Crippen LogP contribution in [0.15, 0.2) is 12.7 Å². The minimum absolute atomic E-state index is 0.0102. The lowest BCUT2D eigenvalue weighted by Crippen LogP contribution is -2.23. The zero-order chi connectivity index (χ0) is 14.4. The van der Waals surface area contributed by atoms with Crippen LogP contribution in [0.25, 0.3) is 0 Å². The van der Waals surface area contributed by atoms with Crippen LogP contribution in [0, 0.1) is 11.3 Å². The van der Waals surface area contributed by atoms with Crippen molar-refractivity contribution in [3.05, 3.63) is 24.3 Å². The van der Waals surface area contributed by atoms with Crippen molar-refractivity contribution >= 4 is 6.03 Å². The van der Waals surface area contributed by atoms with Crippen molar-refractivity contribution in [2.75, 3.05) is 0 Å². The standard InChI is InChI=1S/C12H15N7O/c1-2-3-4-5-6-11-16-10(7-13)17-19(11)12(20)18-9-14-8-15-18/h8-9H,2-6H2,1H3. The summed E-state index contributed by atoms with van der Waals surface area (Å²) in [6, 6.07) is 1.36. The summed E-state index contributed by atoms with van der Waals surface area (Å²) in [4.78, 5) is 19.9. The van der Waals surface area contributed by atoms with Crippen molar-refractivity contribution in [1.29, 1.82) is 5.26 Å². The van der Waals surface area contributed by atoms with Gasteiger partial charge in [-0.3, -0.25) is 0 Å². The molecule has 0 aliphatic rings. The monoisotopic (exact) mass is 273 g/mol. The quantitative estimate of drug-likeness (QED) is 0.762. The Morgan fingerprint density at radius 2 is 2.25 bits per heavy atom. The third-order valence-corrected chi connectivity index (χ3v) is 2.82. The Kier molecular flexibility index (Phi) is 4.55. The molecule has 0 fully saturated rings. The largest absolute Gasteiger partial charge is 0.372 e. The molecule has 0 N–H and O–H groups in total. The molecular formula is C12H15N7O. The fourth-order valence-corrected chi connectivity index (χ4v) is 1.82. The SMILES string of the molecule is CCCCCCc1nc(C#N)nn1C(=O)n1cncn1. The van der Waals surface area contributed by atoms with E-state index in [0.717, 1.165) is 35.0 Å².